The Hall–Kier alpha value is -1.72. The smallest absolute Gasteiger partial charge is 0.241 e. The number of hydrogen-bond donors (Lipinski definition) is 1. The summed E-state index contributed by atoms with van der Waals surface area (Å²) in [5, 5.41) is 0. The molecule has 0 unspecified atom stereocenters. The van der Waals surface area contributed by atoms with E-state index in [9.17, 15) is 8.42 Å². The molecule has 5 heteroatoms. The molecule has 0 aliphatic rings. The van der Waals surface area contributed by atoms with Crippen LogP contribution in [0.3, 0.4) is 0 Å². The van der Waals surface area contributed by atoms with Crippen LogP contribution in [-0.2, 0) is 15.6 Å². The normalized spacial score (nSPS) is 12.3. The van der Waals surface area contributed by atoms with Gasteiger partial charge in [0.25, 0.3) is 0 Å². The summed E-state index contributed by atoms with van der Waals surface area (Å²) in [5.41, 5.74) is 0.925. The quantitative estimate of drug-likeness (QED) is 0.941. The highest BCUT2D eigenvalue weighted by molar-refractivity contribution is 7.89. The predicted molar refractivity (Wildman–Crippen MR) is 78.8 cm³/mol. The number of nitrogens with zero attached hydrogens (tertiary/aromatic N) is 1. The van der Waals surface area contributed by atoms with E-state index in [-0.39, 0.29) is 4.90 Å². The molecule has 0 saturated heterocycles. The van der Waals surface area contributed by atoms with Crippen molar-refractivity contribution in [2.75, 3.05) is 0 Å². The third kappa shape index (κ3) is 3.23. The second-order valence-corrected chi connectivity index (χ2v) is 6.94. The van der Waals surface area contributed by atoms with Crippen LogP contribution in [0.1, 0.15) is 25.1 Å². The second-order valence-electron chi connectivity index (χ2n) is 5.26. The lowest BCUT2D eigenvalue weighted by atomic mass is 10.0. The van der Waals surface area contributed by atoms with Crippen molar-refractivity contribution in [3.8, 4) is 0 Å². The zero-order chi connectivity index (χ0) is 14.8. The average molecular weight is 290 g/mol. The lowest BCUT2D eigenvalue weighted by Gasteiger charge is -2.25. The van der Waals surface area contributed by atoms with E-state index in [2.05, 4.69) is 9.71 Å². The number of benzene rings is 1. The molecule has 0 aliphatic carbocycles. The summed E-state index contributed by atoms with van der Waals surface area (Å²) in [6, 6.07) is 12.2. The second kappa shape index (κ2) is 5.34. The summed E-state index contributed by atoms with van der Waals surface area (Å²) >= 11 is 0. The van der Waals surface area contributed by atoms with E-state index in [1.807, 2.05) is 13.0 Å². The van der Waals surface area contributed by atoms with Gasteiger partial charge in [0, 0.05) is 6.20 Å². The summed E-state index contributed by atoms with van der Waals surface area (Å²) in [4.78, 5) is 4.47. The van der Waals surface area contributed by atoms with Gasteiger partial charge in [-0.1, -0.05) is 23.8 Å². The van der Waals surface area contributed by atoms with Crippen LogP contribution < -0.4 is 4.72 Å². The fourth-order valence-electron chi connectivity index (χ4n) is 1.90. The van der Waals surface area contributed by atoms with Gasteiger partial charge in [-0.05, 0) is 45.0 Å². The lowest BCUT2D eigenvalue weighted by molar-refractivity contribution is 0.460. The van der Waals surface area contributed by atoms with Crippen LogP contribution in [0.15, 0.2) is 53.6 Å². The third-order valence-corrected chi connectivity index (χ3v) is 4.70. The standard InChI is InChI=1S/C15H18N2O2S/c1-12-7-9-13(10-8-12)20(18,19)17-15(2,3)14-6-4-5-11-16-14/h4-11,17H,1-3H3. The Morgan fingerprint density at radius 2 is 1.70 bits per heavy atom. The van der Waals surface area contributed by atoms with E-state index in [4.69, 9.17) is 0 Å². The van der Waals surface area contributed by atoms with E-state index in [0.29, 0.717) is 5.69 Å². The van der Waals surface area contributed by atoms with Gasteiger partial charge < -0.3 is 0 Å². The molecule has 0 bridgehead atoms. The first-order valence-corrected chi connectivity index (χ1v) is 7.82. The number of hydrogen-bond acceptors (Lipinski definition) is 3. The molecule has 1 heterocycles. The molecule has 106 valence electrons. The largest absolute Gasteiger partial charge is 0.259 e. The van der Waals surface area contributed by atoms with Gasteiger partial charge in [0.05, 0.1) is 16.1 Å². The molecule has 0 aliphatic heterocycles. The monoisotopic (exact) mass is 290 g/mol. The molecule has 0 atom stereocenters. The summed E-state index contributed by atoms with van der Waals surface area (Å²) in [7, 11) is -3.57. The van der Waals surface area contributed by atoms with Crippen molar-refractivity contribution < 1.29 is 8.42 Å². The zero-order valence-corrected chi connectivity index (χ0v) is 12.6. The molecule has 0 spiro atoms. The average Bonchev–Trinajstić information content (AvgIpc) is 2.39. The van der Waals surface area contributed by atoms with Crippen molar-refractivity contribution in [3.63, 3.8) is 0 Å². The minimum absolute atomic E-state index is 0.257. The first-order chi connectivity index (χ1) is 9.31. The van der Waals surface area contributed by atoms with Crippen molar-refractivity contribution in [1.29, 1.82) is 0 Å². The molecule has 0 amide bonds. The van der Waals surface area contributed by atoms with Crippen molar-refractivity contribution >= 4 is 10.0 Å². The molecule has 0 radical (unpaired) electrons. The van der Waals surface area contributed by atoms with Crippen LogP contribution in [0.25, 0.3) is 0 Å². The molecule has 2 aromatic rings. The summed E-state index contributed by atoms with van der Waals surface area (Å²) in [6.45, 7) is 5.50. The van der Waals surface area contributed by atoms with Crippen LogP contribution in [-0.4, -0.2) is 13.4 Å². The molecular formula is C15H18N2O2S. The molecule has 1 aromatic heterocycles. The van der Waals surface area contributed by atoms with Crippen molar-refractivity contribution in [2.24, 2.45) is 0 Å². The Morgan fingerprint density at radius 1 is 1.05 bits per heavy atom. The number of aryl methyl sites for hydroxylation is 1. The van der Waals surface area contributed by atoms with E-state index in [0.717, 1.165) is 5.56 Å². The fraction of sp³-hybridized carbons (Fsp3) is 0.267. The summed E-state index contributed by atoms with van der Waals surface area (Å²) < 4.78 is 27.5. The highest BCUT2D eigenvalue weighted by Crippen LogP contribution is 2.21. The number of sulfonamides is 1. The van der Waals surface area contributed by atoms with Crippen LogP contribution in [0.5, 0.6) is 0 Å². The van der Waals surface area contributed by atoms with E-state index in [1.54, 1.807) is 56.4 Å². The number of aromatic nitrogens is 1. The number of nitrogens with one attached hydrogen (secondary N) is 1. The maximum Gasteiger partial charge on any atom is 0.241 e. The van der Waals surface area contributed by atoms with Gasteiger partial charge in [-0.2, -0.15) is 4.72 Å². The SMILES string of the molecule is Cc1ccc(S(=O)(=O)NC(C)(C)c2ccccn2)cc1. The van der Waals surface area contributed by atoms with E-state index in [1.165, 1.54) is 0 Å². The lowest BCUT2D eigenvalue weighted by Crippen LogP contribution is -2.41. The van der Waals surface area contributed by atoms with Gasteiger partial charge in [-0.25, -0.2) is 8.42 Å². The van der Waals surface area contributed by atoms with E-state index < -0.39 is 15.6 Å². The fourth-order valence-corrected chi connectivity index (χ4v) is 3.29. The predicted octanol–water partition coefficient (Wildman–Crippen LogP) is 2.60. The molecule has 2 rings (SSSR count). The van der Waals surface area contributed by atoms with Crippen LogP contribution in [0.4, 0.5) is 0 Å². The minimum atomic E-state index is -3.57. The zero-order valence-electron chi connectivity index (χ0n) is 11.8. The van der Waals surface area contributed by atoms with Gasteiger partial charge in [0.2, 0.25) is 10.0 Å². The molecule has 20 heavy (non-hydrogen) atoms. The van der Waals surface area contributed by atoms with Gasteiger partial charge in [-0.3, -0.25) is 4.98 Å². The van der Waals surface area contributed by atoms with Crippen molar-refractivity contribution in [3.05, 3.63) is 59.9 Å². The molecule has 1 N–H and O–H groups in total. The first kappa shape index (κ1) is 14.7. The summed E-state index contributed by atoms with van der Waals surface area (Å²) in [6.07, 6.45) is 1.65. The Bertz CT molecular complexity index is 678. The van der Waals surface area contributed by atoms with Gasteiger partial charge in [-0.15, -0.1) is 0 Å². The van der Waals surface area contributed by atoms with Gasteiger partial charge in [0.15, 0.2) is 0 Å². The van der Waals surface area contributed by atoms with Gasteiger partial charge >= 0.3 is 0 Å². The molecule has 4 nitrogen and oxygen atoms in total. The highest BCUT2D eigenvalue weighted by atomic mass is 32.2. The number of pyridine rings is 1. The van der Waals surface area contributed by atoms with Crippen LogP contribution in [0, 0.1) is 6.92 Å². The van der Waals surface area contributed by atoms with Crippen LogP contribution >= 0.6 is 0 Å². The van der Waals surface area contributed by atoms with E-state index >= 15 is 0 Å². The third-order valence-electron chi connectivity index (χ3n) is 3.03. The summed E-state index contributed by atoms with van der Waals surface area (Å²) in [5.74, 6) is 0. The van der Waals surface area contributed by atoms with Crippen LogP contribution in [0.2, 0.25) is 0 Å². The highest BCUT2D eigenvalue weighted by Gasteiger charge is 2.28. The maximum atomic E-state index is 12.4. The Labute approximate surface area is 119 Å². The topological polar surface area (TPSA) is 59.1 Å². The Kier molecular flexibility index (Phi) is 3.92. The maximum absolute atomic E-state index is 12.4. The molecule has 0 fully saturated rings. The molecular weight excluding hydrogens is 272 g/mol. The first-order valence-electron chi connectivity index (χ1n) is 6.33. The minimum Gasteiger partial charge on any atom is -0.259 e. The number of rotatable bonds is 4. The molecule has 0 saturated carbocycles. The molecule has 1 aromatic carbocycles. The van der Waals surface area contributed by atoms with Gasteiger partial charge in [0.1, 0.15) is 0 Å². The van der Waals surface area contributed by atoms with Crippen molar-refractivity contribution in [2.45, 2.75) is 31.2 Å². The Morgan fingerprint density at radius 3 is 2.25 bits per heavy atom. The van der Waals surface area contributed by atoms with Crippen molar-refractivity contribution in [1.82, 2.24) is 9.71 Å². The Balaban J connectivity index is 2.30.